The van der Waals surface area contributed by atoms with Crippen LogP contribution in [-0.2, 0) is 9.53 Å². The molecule has 0 atom stereocenters. The highest BCUT2D eigenvalue weighted by atomic mass is 16.5. The Bertz CT molecular complexity index is 268. The summed E-state index contributed by atoms with van der Waals surface area (Å²) in [6.45, 7) is 3.87. The second-order valence-corrected chi connectivity index (χ2v) is 4.99. The van der Waals surface area contributed by atoms with Gasteiger partial charge in [-0.3, -0.25) is 9.79 Å². The highest BCUT2D eigenvalue weighted by molar-refractivity contribution is 5.77. The molecule has 0 aliphatic rings. The number of unbranched alkanes of at least 4 members (excludes halogenated alkanes) is 6. The molecule has 0 bridgehead atoms. The molecule has 0 saturated heterocycles. The standard InChI is InChI=1S/C15H31N3O2/c1-3-4-5-9-12-17-15(16)18-13-10-7-6-8-11-14(19)20-2/h3-13H2,1-2H3,(H3,16,17,18). The zero-order valence-corrected chi connectivity index (χ0v) is 13.1. The smallest absolute Gasteiger partial charge is 0.305 e. The van der Waals surface area contributed by atoms with E-state index in [1.165, 1.54) is 26.4 Å². The minimum absolute atomic E-state index is 0.125. The molecule has 0 aromatic heterocycles. The third-order valence-electron chi connectivity index (χ3n) is 3.14. The fraction of sp³-hybridized carbons (Fsp3) is 0.867. The molecule has 118 valence electrons. The normalized spacial score (nSPS) is 11.4. The van der Waals surface area contributed by atoms with Crippen molar-refractivity contribution in [1.82, 2.24) is 5.32 Å². The van der Waals surface area contributed by atoms with E-state index in [1.54, 1.807) is 0 Å². The van der Waals surface area contributed by atoms with Gasteiger partial charge in [0.05, 0.1) is 7.11 Å². The first-order chi connectivity index (χ1) is 9.70. The molecule has 0 radical (unpaired) electrons. The highest BCUT2D eigenvalue weighted by Crippen LogP contribution is 2.03. The van der Waals surface area contributed by atoms with Crippen molar-refractivity contribution in [1.29, 1.82) is 0 Å². The quantitative estimate of drug-likeness (QED) is 0.250. The Kier molecular flexibility index (Phi) is 13.3. The van der Waals surface area contributed by atoms with E-state index >= 15 is 0 Å². The monoisotopic (exact) mass is 285 g/mol. The SMILES string of the molecule is CCCCCCNC(N)=NCCCCCCC(=O)OC. The maximum atomic E-state index is 10.9. The zero-order chi connectivity index (χ0) is 15.1. The van der Waals surface area contributed by atoms with Crippen molar-refractivity contribution >= 4 is 11.9 Å². The average molecular weight is 285 g/mol. The number of nitrogens with zero attached hydrogens (tertiary/aromatic N) is 1. The number of carbonyl (C=O) groups excluding carboxylic acids is 1. The number of carbonyl (C=O) groups is 1. The Balaban J connectivity index is 3.33. The molecule has 0 heterocycles. The van der Waals surface area contributed by atoms with Crippen LogP contribution in [0.4, 0.5) is 0 Å². The summed E-state index contributed by atoms with van der Waals surface area (Å²) in [5, 5.41) is 3.13. The van der Waals surface area contributed by atoms with Crippen LogP contribution in [-0.4, -0.2) is 32.1 Å². The number of esters is 1. The summed E-state index contributed by atoms with van der Waals surface area (Å²) < 4.78 is 4.59. The Hall–Kier alpha value is -1.26. The van der Waals surface area contributed by atoms with Crippen molar-refractivity contribution in [3.05, 3.63) is 0 Å². The van der Waals surface area contributed by atoms with E-state index in [2.05, 4.69) is 22.0 Å². The van der Waals surface area contributed by atoms with Crippen molar-refractivity contribution in [2.24, 2.45) is 10.7 Å². The first-order valence-corrected chi connectivity index (χ1v) is 7.81. The summed E-state index contributed by atoms with van der Waals surface area (Å²) in [4.78, 5) is 15.2. The lowest BCUT2D eigenvalue weighted by Crippen LogP contribution is -2.32. The maximum Gasteiger partial charge on any atom is 0.305 e. The number of nitrogens with two attached hydrogens (primary N) is 1. The Morgan fingerprint density at radius 3 is 2.50 bits per heavy atom. The summed E-state index contributed by atoms with van der Waals surface area (Å²) in [7, 11) is 1.43. The van der Waals surface area contributed by atoms with Crippen molar-refractivity contribution in [3.8, 4) is 0 Å². The molecule has 0 aliphatic heterocycles. The molecule has 0 rings (SSSR count). The molecule has 20 heavy (non-hydrogen) atoms. The summed E-state index contributed by atoms with van der Waals surface area (Å²) in [5.74, 6) is 0.426. The third kappa shape index (κ3) is 13.2. The second kappa shape index (κ2) is 14.2. The fourth-order valence-electron chi connectivity index (χ4n) is 1.86. The first kappa shape index (κ1) is 18.7. The number of hydrogen-bond donors (Lipinski definition) is 2. The molecule has 5 nitrogen and oxygen atoms in total. The Morgan fingerprint density at radius 1 is 1.10 bits per heavy atom. The van der Waals surface area contributed by atoms with E-state index in [0.29, 0.717) is 12.4 Å². The molecular weight excluding hydrogens is 254 g/mol. The van der Waals surface area contributed by atoms with Crippen LogP contribution >= 0.6 is 0 Å². The van der Waals surface area contributed by atoms with E-state index < -0.39 is 0 Å². The minimum atomic E-state index is -0.125. The van der Waals surface area contributed by atoms with Gasteiger partial charge in [0.15, 0.2) is 5.96 Å². The lowest BCUT2D eigenvalue weighted by atomic mass is 10.1. The Morgan fingerprint density at radius 2 is 1.80 bits per heavy atom. The molecule has 0 aromatic rings. The van der Waals surface area contributed by atoms with Crippen LogP contribution in [0.1, 0.15) is 64.7 Å². The van der Waals surface area contributed by atoms with Crippen LogP contribution in [0.2, 0.25) is 0 Å². The van der Waals surface area contributed by atoms with Gasteiger partial charge >= 0.3 is 5.97 Å². The molecule has 0 spiro atoms. The predicted molar refractivity (Wildman–Crippen MR) is 83.7 cm³/mol. The minimum Gasteiger partial charge on any atom is -0.469 e. The van der Waals surface area contributed by atoms with Crippen LogP contribution in [0, 0.1) is 0 Å². The Labute approximate surface area is 123 Å². The lowest BCUT2D eigenvalue weighted by molar-refractivity contribution is -0.140. The zero-order valence-electron chi connectivity index (χ0n) is 13.1. The fourth-order valence-corrected chi connectivity index (χ4v) is 1.86. The second-order valence-electron chi connectivity index (χ2n) is 4.99. The number of ether oxygens (including phenoxy) is 1. The molecule has 0 amide bonds. The van der Waals surface area contributed by atoms with Crippen LogP contribution in [0.15, 0.2) is 4.99 Å². The molecule has 0 aromatic carbocycles. The van der Waals surface area contributed by atoms with E-state index in [4.69, 9.17) is 5.73 Å². The number of nitrogens with one attached hydrogen (secondary N) is 1. The maximum absolute atomic E-state index is 10.9. The van der Waals surface area contributed by atoms with Crippen molar-refractivity contribution in [3.63, 3.8) is 0 Å². The molecule has 3 N–H and O–H groups in total. The van der Waals surface area contributed by atoms with E-state index in [-0.39, 0.29) is 5.97 Å². The van der Waals surface area contributed by atoms with Gasteiger partial charge in [-0.15, -0.1) is 0 Å². The van der Waals surface area contributed by atoms with Crippen molar-refractivity contribution < 1.29 is 9.53 Å². The van der Waals surface area contributed by atoms with Crippen molar-refractivity contribution in [2.75, 3.05) is 20.2 Å². The molecule has 0 unspecified atom stereocenters. The van der Waals surface area contributed by atoms with Gasteiger partial charge in [-0.1, -0.05) is 39.0 Å². The molecular formula is C15H31N3O2. The predicted octanol–water partition coefficient (Wildman–Crippen LogP) is 2.59. The molecule has 0 aliphatic carbocycles. The van der Waals surface area contributed by atoms with E-state index in [9.17, 15) is 4.79 Å². The van der Waals surface area contributed by atoms with Crippen LogP contribution in [0.3, 0.4) is 0 Å². The average Bonchev–Trinajstić information content (AvgIpc) is 2.45. The van der Waals surface area contributed by atoms with Gasteiger partial charge in [0.2, 0.25) is 0 Å². The number of guanidine groups is 1. The van der Waals surface area contributed by atoms with Gasteiger partial charge in [-0.25, -0.2) is 0 Å². The number of hydrogen-bond acceptors (Lipinski definition) is 3. The largest absolute Gasteiger partial charge is 0.469 e. The molecule has 0 fully saturated rings. The lowest BCUT2D eigenvalue weighted by Gasteiger charge is -2.05. The molecule has 5 heteroatoms. The topological polar surface area (TPSA) is 76.7 Å². The number of methoxy groups -OCH3 is 1. The molecule has 0 saturated carbocycles. The van der Waals surface area contributed by atoms with Gasteiger partial charge in [0, 0.05) is 19.5 Å². The van der Waals surface area contributed by atoms with Crippen LogP contribution < -0.4 is 11.1 Å². The van der Waals surface area contributed by atoms with E-state index in [1.807, 2.05) is 0 Å². The van der Waals surface area contributed by atoms with Crippen LogP contribution in [0.5, 0.6) is 0 Å². The summed E-state index contributed by atoms with van der Waals surface area (Å²) in [6.07, 6.45) is 9.46. The van der Waals surface area contributed by atoms with Crippen LogP contribution in [0.25, 0.3) is 0 Å². The van der Waals surface area contributed by atoms with Gasteiger partial charge in [0.25, 0.3) is 0 Å². The first-order valence-electron chi connectivity index (χ1n) is 7.81. The number of aliphatic imine (C=N–C) groups is 1. The summed E-state index contributed by atoms with van der Waals surface area (Å²) in [5.41, 5.74) is 5.76. The van der Waals surface area contributed by atoms with Gasteiger partial charge in [-0.05, 0) is 19.3 Å². The summed E-state index contributed by atoms with van der Waals surface area (Å²) >= 11 is 0. The van der Waals surface area contributed by atoms with Gasteiger partial charge in [-0.2, -0.15) is 0 Å². The van der Waals surface area contributed by atoms with Crippen molar-refractivity contribution in [2.45, 2.75) is 64.7 Å². The third-order valence-corrected chi connectivity index (χ3v) is 3.14. The van der Waals surface area contributed by atoms with E-state index in [0.717, 1.165) is 45.2 Å². The highest BCUT2D eigenvalue weighted by Gasteiger charge is 1.98. The van der Waals surface area contributed by atoms with Gasteiger partial charge in [0.1, 0.15) is 0 Å². The van der Waals surface area contributed by atoms with Gasteiger partial charge < -0.3 is 15.8 Å². The summed E-state index contributed by atoms with van der Waals surface area (Å²) in [6, 6.07) is 0. The number of rotatable bonds is 12.